The normalized spacial score (nSPS) is 10.1. The van der Waals surface area contributed by atoms with Crippen molar-refractivity contribution in [3.05, 3.63) is 34.9 Å². The van der Waals surface area contributed by atoms with Crippen LogP contribution in [0.4, 0.5) is 0 Å². The Morgan fingerprint density at radius 3 is 2.71 bits per heavy atom. The number of benzene rings is 1. The van der Waals surface area contributed by atoms with E-state index in [0.717, 1.165) is 11.1 Å². The Labute approximate surface area is 102 Å². The van der Waals surface area contributed by atoms with Gasteiger partial charge in [-0.3, -0.25) is 4.79 Å². The highest BCUT2D eigenvalue weighted by Crippen LogP contribution is 2.20. The molecule has 0 saturated carbocycles. The number of hydrogen-bond donors (Lipinski definition) is 0. The van der Waals surface area contributed by atoms with Crippen molar-refractivity contribution in [1.82, 2.24) is 0 Å². The van der Waals surface area contributed by atoms with Crippen molar-refractivity contribution in [3.8, 4) is 6.07 Å². The second-order valence-electron chi connectivity index (χ2n) is 4.26. The molecule has 0 saturated heterocycles. The molecule has 0 aliphatic carbocycles. The first kappa shape index (κ1) is 13.2. The Bertz CT molecular complexity index is 444. The third-order valence-electron chi connectivity index (χ3n) is 2.71. The summed E-state index contributed by atoms with van der Waals surface area (Å²) in [6.45, 7) is 4.12. The van der Waals surface area contributed by atoms with Gasteiger partial charge in [-0.25, -0.2) is 0 Å². The fourth-order valence-electron chi connectivity index (χ4n) is 1.71. The zero-order valence-electron chi connectivity index (χ0n) is 10.5. The Morgan fingerprint density at radius 2 is 2.18 bits per heavy atom. The number of carbonyl (C=O) groups is 1. The van der Waals surface area contributed by atoms with Crippen molar-refractivity contribution in [3.63, 3.8) is 0 Å². The number of methoxy groups -OCH3 is 1. The minimum absolute atomic E-state index is 0.226. The van der Waals surface area contributed by atoms with Gasteiger partial charge < -0.3 is 4.74 Å². The maximum atomic E-state index is 11.0. The quantitative estimate of drug-likeness (QED) is 0.749. The zero-order chi connectivity index (χ0) is 12.8. The summed E-state index contributed by atoms with van der Waals surface area (Å²) >= 11 is 0. The maximum absolute atomic E-state index is 11.0. The van der Waals surface area contributed by atoms with Crippen molar-refractivity contribution in [2.45, 2.75) is 32.6 Å². The molecule has 0 aliphatic heterocycles. The molecule has 1 rings (SSSR count). The predicted octanol–water partition coefficient (Wildman–Crippen LogP) is 2.79. The highest BCUT2D eigenvalue weighted by Gasteiger charge is 2.08. The molecule has 0 unspecified atom stereocenters. The molecular weight excluding hydrogens is 214 g/mol. The van der Waals surface area contributed by atoms with Gasteiger partial charge >= 0.3 is 5.97 Å². The molecular formula is C14H17NO2. The Morgan fingerprint density at radius 1 is 1.47 bits per heavy atom. The molecule has 0 heterocycles. The summed E-state index contributed by atoms with van der Waals surface area (Å²) in [6, 6.07) is 8.00. The SMILES string of the molecule is COC(=O)CCc1ccc(C(C)C)c(C#N)c1. The summed E-state index contributed by atoms with van der Waals surface area (Å²) in [4.78, 5) is 11.0. The Kier molecular flexibility index (Phi) is 4.71. The number of nitrogens with zero attached hydrogens (tertiary/aromatic N) is 1. The molecule has 3 nitrogen and oxygen atoms in total. The van der Waals surface area contributed by atoms with Crippen LogP contribution >= 0.6 is 0 Å². The van der Waals surface area contributed by atoms with Crippen molar-refractivity contribution in [2.24, 2.45) is 0 Å². The van der Waals surface area contributed by atoms with E-state index < -0.39 is 0 Å². The molecule has 3 heteroatoms. The van der Waals surface area contributed by atoms with Gasteiger partial charge in [-0.15, -0.1) is 0 Å². The van der Waals surface area contributed by atoms with E-state index in [2.05, 4.69) is 24.7 Å². The van der Waals surface area contributed by atoms with Gasteiger partial charge in [-0.2, -0.15) is 5.26 Å². The van der Waals surface area contributed by atoms with E-state index in [-0.39, 0.29) is 5.97 Å². The van der Waals surface area contributed by atoms with E-state index in [9.17, 15) is 4.79 Å². The lowest BCUT2D eigenvalue weighted by Gasteiger charge is -2.09. The van der Waals surface area contributed by atoms with Crippen LogP contribution in [0.2, 0.25) is 0 Å². The fourth-order valence-corrected chi connectivity index (χ4v) is 1.71. The highest BCUT2D eigenvalue weighted by atomic mass is 16.5. The van der Waals surface area contributed by atoms with E-state index in [0.29, 0.717) is 24.3 Å². The highest BCUT2D eigenvalue weighted by molar-refractivity contribution is 5.69. The number of ether oxygens (including phenoxy) is 1. The van der Waals surface area contributed by atoms with Gasteiger partial charge in [0.05, 0.1) is 18.7 Å². The van der Waals surface area contributed by atoms with E-state index >= 15 is 0 Å². The van der Waals surface area contributed by atoms with Crippen molar-refractivity contribution in [1.29, 1.82) is 5.26 Å². The van der Waals surface area contributed by atoms with Crippen LogP contribution in [0, 0.1) is 11.3 Å². The number of hydrogen-bond acceptors (Lipinski definition) is 3. The van der Waals surface area contributed by atoms with Crippen LogP contribution in [0.15, 0.2) is 18.2 Å². The van der Waals surface area contributed by atoms with Crippen molar-refractivity contribution in [2.75, 3.05) is 7.11 Å². The molecule has 1 aromatic carbocycles. The molecule has 17 heavy (non-hydrogen) atoms. The van der Waals surface area contributed by atoms with Crippen molar-refractivity contribution < 1.29 is 9.53 Å². The largest absolute Gasteiger partial charge is 0.469 e. The molecule has 0 N–H and O–H groups in total. The van der Waals surface area contributed by atoms with Gasteiger partial charge in [0.1, 0.15) is 0 Å². The molecule has 0 aromatic heterocycles. The average molecular weight is 231 g/mol. The van der Waals surface area contributed by atoms with Crippen LogP contribution in [-0.2, 0) is 16.0 Å². The first-order valence-electron chi connectivity index (χ1n) is 5.68. The minimum Gasteiger partial charge on any atom is -0.469 e. The van der Waals surface area contributed by atoms with Gasteiger partial charge in [0.25, 0.3) is 0 Å². The third-order valence-corrected chi connectivity index (χ3v) is 2.71. The molecule has 0 radical (unpaired) electrons. The van der Waals surface area contributed by atoms with Crippen molar-refractivity contribution >= 4 is 5.97 Å². The van der Waals surface area contributed by atoms with Crippen LogP contribution in [0.25, 0.3) is 0 Å². The molecule has 90 valence electrons. The Balaban J connectivity index is 2.84. The van der Waals surface area contributed by atoms with Crippen LogP contribution in [0.1, 0.15) is 42.9 Å². The molecule has 0 amide bonds. The lowest BCUT2D eigenvalue weighted by Crippen LogP contribution is -2.02. The average Bonchev–Trinajstić information content (AvgIpc) is 2.35. The monoisotopic (exact) mass is 231 g/mol. The lowest BCUT2D eigenvalue weighted by molar-refractivity contribution is -0.140. The number of aryl methyl sites for hydroxylation is 1. The van der Waals surface area contributed by atoms with Crippen LogP contribution in [-0.4, -0.2) is 13.1 Å². The van der Waals surface area contributed by atoms with Gasteiger partial charge in [-0.1, -0.05) is 26.0 Å². The lowest BCUT2D eigenvalue weighted by atomic mass is 9.95. The fraction of sp³-hybridized carbons (Fsp3) is 0.429. The minimum atomic E-state index is -0.226. The predicted molar refractivity (Wildman–Crippen MR) is 65.6 cm³/mol. The second kappa shape index (κ2) is 6.05. The molecule has 1 aromatic rings. The van der Waals surface area contributed by atoms with Crippen LogP contribution in [0.5, 0.6) is 0 Å². The molecule has 0 bridgehead atoms. The van der Waals surface area contributed by atoms with E-state index in [4.69, 9.17) is 5.26 Å². The summed E-state index contributed by atoms with van der Waals surface area (Å²) < 4.78 is 4.59. The number of esters is 1. The second-order valence-corrected chi connectivity index (χ2v) is 4.26. The first-order chi connectivity index (χ1) is 8.08. The van der Waals surface area contributed by atoms with Gasteiger partial charge in [0, 0.05) is 6.42 Å². The van der Waals surface area contributed by atoms with Gasteiger partial charge in [0.2, 0.25) is 0 Å². The summed E-state index contributed by atoms with van der Waals surface area (Å²) in [6.07, 6.45) is 0.960. The summed E-state index contributed by atoms with van der Waals surface area (Å²) in [5.41, 5.74) is 2.74. The van der Waals surface area contributed by atoms with E-state index in [1.54, 1.807) is 0 Å². The van der Waals surface area contributed by atoms with Crippen LogP contribution in [0.3, 0.4) is 0 Å². The summed E-state index contributed by atoms with van der Waals surface area (Å²) in [5, 5.41) is 9.07. The first-order valence-corrected chi connectivity index (χ1v) is 5.68. The number of nitriles is 1. The zero-order valence-corrected chi connectivity index (χ0v) is 10.5. The molecule has 0 aliphatic rings. The Hall–Kier alpha value is -1.82. The van der Waals surface area contributed by atoms with E-state index in [1.807, 2.05) is 18.2 Å². The molecule has 0 atom stereocenters. The maximum Gasteiger partial charge on any atom is 0.305 e. The topological polar surface area (TPSA) is 50.1 Å². The van der Waals surface area contributed by atoms with E-state index in [1.165, 1.54) is 7.11 Å². The number of rotatable bonds is 4. The van der Waals surface area contributed by atoms with Crippen LogP contribution < -0.4 is 0 Å². The smallest absolute Gasteiger partial charge is 0.305 e. The third kappa shape index (κ3) is 3.60. The van der Waals surface area contributed by atoms with Gasteiger partial charge in [-0.05, 0) is 29.5 Å². The van der Waals surface area contributed by atoms with Gasteiger partial charge in [0.15, 0.2) is 0 Å². The molecule has 0 fully saturated rings. The molecule has 0 spiro atoms. The summed E-state index contributed by atoms with van der Waals surface area (Å²) in [5.74, 6) is 0.107. The summed E-state index contributed by atoms with van der Waals surface area (Å²) in [7, 11) is 1.38. The number of carbonyl (C=O) groups excluding carboxylic acids is 1. The standard InChI is InChI=1S/C14H17NO2/c1-10(2)13-6-4-11(8-12(13)9-15)5-7-14(16)17-3/h4,6,8,10H,5,7H2,1-3H3.